The van der Waals surface area contributed by atoms with Gasteiger partial charge in [0.2, 0.25) is 5.91 Å². The fraction of sp³-hybridized carbons (Fsp3) is 0.600. The molecule has 1 aliphatic carbocycles. The molecule has 0 spiro atoms. The maximum Gasteiger partial charge on any atom is 0.326 e. The van der Waals surface area contributed by atoms with E-state index in [0.717, 1.165) is 6.42 Å². The van der Waals surface area contributed by atoms with E-state index in [1.54, 1.807) is 0 Å². The number of nitrogens with one attached hydrogen (secondary N) is 1. The first-order chi connectivity index (χ1) is 6.56. The van der Waals surface area contributed by atoms with Gasteiger partial charge in [-0.1, -0.05) is 13.0 Å². The molecule has 0 radical (unpaired) electrons. The predicted molar refractivity (Wildman–Crippen MR) is 51.7 cm³/mol. The first-order valence-corrected chi connectivity index (χ1v) is 4.70. The molecule has 1 saturated carbocycles. The fourth-order valence-electron chi connectivity index (χ4n) is 1.35. The van der Waals surface area contributed by atoms with E-state index in [1.165, 1.54) is 6.08 Å². The number of carboxylic acids is 1. The second-order valence-electron chi connectivity index (χ2n) is 3.74. The number of rotatable bonds is 5. The molecule has 1 fully saturated rings. The molecule has 0 saturated heterocycles. The summed E-state index contributed by atoms with van der Waals surface area (Å²) in [5, 5.41) is 11.3. The number of amides is 1. The summed E-state index contributed by atoms with van der Waals surface area (Å²) in [5.74, 6) is -0.742. The summed E-state index contributed by atoms with van der Waals surface area (Å²) in [7, 11) is 0. The van der Waals surface area contributed by atoms with Crippen molar-refractivity contribution >= 4 is 11.9 Å². The Kier molecular flexibility index (Phi) is 3.28. The Morgan fingerprint density at radius 2 is 2.29 bits per heavy atom. The summed E-state index contributed by atoms with van der Waals surface area (Å²) in [6.07, 6.45) is 2.63. The minimum Gasteiger partial charge on any atom is -0.480 e. The van der Waals surface area contributed by atoms with Gasteiger partial charge in [-0.2, -0.15) is 0 Å². The van der Waals surface area contributed by atoms with E-state index >= 15 is 0 Å². The Labute approximate surface area is 83.0 Å². The Morgan fingerprint density at radius 3 is 2.64 bits per heavy atom. The van der Waals surface area contributed by atoms with Crippen LogP contribution in [0, 0.1) is 11.8 Å². The van der Waals surface area contributed by atoms with Crippen molar-refractivity contribution in [1.29, 1.82) is 0 Å². The molecule has 4 nitrogen and oxygen atoms in total. The van der Waals surface area contributed by atoms with Crippen LogP contribution >= 0.6 is 0 Å². The summed E-state index contributed by atoms with van der Waals surface area (Å²) in [6, 6.07) is -0.826. The van der Waals surface area contributed by atoms with Crippen molar-refractivity contribution in [3.05, 3.63) is 12.7 Å². The molecule has 78 valence electrons. The molecule has 1 aliphatic rings. The summed E-state index contributed by atoms with van der Waals surface area (Å²) < 4.78 is 0. The van der Waals surface area contributed by atoms with E-state index in [4.69, 9.17) is 5.11 Å². The van der Waals surface area contributed by atoms with Gasteiger partial charge in [0.25, 0.3) is 0 Å². The molecule has 1 amide bonds. The number of carboxylic acid groups (broad SMARTS) is 1. The normalized spacial score (nSPS) is 26.4. The van der Waals surface area contributed by atoms with Crippen LogP contribution in [0.4, 0.5) is 0 Å². The van der Waals surface area contributed by atoms with E-state index in [0.29, 0.717) is 5.92 Å². The minimum atomic E-state index is -1.01. The van der Waals surface area contributed by atoms with Crippen molar-refractivity contribution in [3.63, 3.8) is 0 Å². The zero-order chi connectivity index (χ0) is 10.7. The number of aliphatic carboxylic acids is 1. The largest absolute Gasteiger partial charge is 0.480 e. The molecule has 1 rings (SSSR count). The zero-order valence-electron chi connectivity index (χ0n) is 8.19. The highest BCUT2D eigenvalue weighted by molar-refractivity contribution is 5.86. The van der Waals surface area contributed by atoms with Gasteiger partial charge >= 0.3 is 5.97 Å². The number of carbonyl (C=O) groups is 2. The summed E-state index contributed by atoms with van der Waals surface area (Å²) in [6.45, 7) is 5.43. The standard InChI is InChI=1S/C10H15NO3/c1-3-4-8(10(13)14)11-9(12)7-5-6(7)2/h3,6-8H,1,4-5H2,2H3,(H,11,12)(H,13,14). The van der Waals surface area contributed by atoms with Crippen molar-refractivity contribution in [2.75, 3.05) is 0 Å². The van der Waals surface area contributed by atoms with Gasteiger partial charge in [0, 0.05) is 5.92 Å². The topological polar surface area (TPSA) is 66.4 Å². The Bertz CT molecular complexity index is 262. The van der Waals surface area contributed by atoms with Crippen LogP contribution in [-0.2, 0) is 9.59 Å². The SMILES string of the molecule is C=CCC(NC(=O)C1CC1C)C(=O)O. The van der Waals surface area contributed by atoms with E-state index in [9.17, 15) is 9.59 Å². The van der Waals surface area contributed by atoms with Crippen LogP contribution in [0.5, 0.6) is 0 Å². The van der Waals surface area contributed by atoms with Gasteiger partial charge in [0.1, 0.15) is 6.04 Å². The summed E-state index contributed by atoms with van der Waals surface area (Å²) in [5.41, 5.74) is 0. The lowest BCUT2D eigenvalue weighted by atomic mass is 10.2. The number of hydrogen-bond acceptors (Lipinski definition) is 2. The van der Waals surface area contributed by atoms with Gasteiger partial charge in [-0.15, -0.1) is 6.58 Å². The predicted octanol–water partition coefficient (Wildman–Crippen LogP) is 0.788. The average Bonchev–Trinajstić information content (AvgIpc) is 2.81. The van der Waals surface area contributed by atoms with E-state index < -0.39 is 12.0 Å². The highest BCUT2D eigenvalue weighted by Crippen LogP contribution is 2.37. The third-order valence-corrected chi connectivity index (χ3v) is 2.46. The van der Waals surface area contributed by atoms with E-state index in [1.807, 2.05) is 6.92 Å². The van der Waals surface area contributed by atoms with Crippen molar-refractivity contribution in [1.82, 2.24) is 5.32 Å². The molecule has 3 atom stereocenters. The highest BCUT2D eigenvalue weighted by Gasteiger charge is 2.40. The molecular formula is C10H15NO3. The molecule has 2 N–H and O–H groups in total. The Hall–Kier alpha value is -1.32. The lowest BCUT2D eigenvalue weighted by molar-refractivity contribution is -0.141. The fourth-order valence-corrected chi connectivity index (χ4v) is 1.35. The monoisotopic (exact) mass is 197 g/mol. The molecule has 0 bridgehead atoms. The molecule has 0 aromatic heterocycles. The van der Waals surface area contributed by atoms with Gasteiger partial charge in [-0.05, 0) is 18.8 Å². The maximum absolute atomic E-state index is 11.4. The van der Waals surface area contributed by atoms with Gasteiger partial charge in [-0.25, -0.2) is 4.79 Å². The van der Waals surface area contributed by atoms with Gasteiger partial charge in [0.05, 0.1) is 0 Å². The quantitative estimate of drug-likeness (QED) is 0.640. The summed E-state index contributed by atoms with van der Waals surface area (Å²) >= 11 is 0. The first-order valence-electron chi connectivity index (χ1n) is 4.70. The van der Waals surface area contributed by atoms with Crippen LogP contribution < -0.4 is 5.32 Å². The van der Waals surface area contributed by atoms with Crippen LogP contribution in [0.1, 0.15) is 19.8 Å². The first kappa shape index (κ1) is 10.8. The molecule has 0 heterocycles. The third kappa shape index (κ3) is 2.58. The molecule has 4 heteroatoms. The van der Waals surface area contributed by atoms with Crippen LogP contribution in [0.25, 0.3) is 0 Å². The van der Waals surface area contributed by atoms with Gasteiger partial charge in [0.15, 0.2) is 0 Å². The van der Waals surface area contributed by atoms with Gasteiger partial charge < -0.3 is 10.4 Å². The minimum absolute atomic E-state index is 0.0154. The number of hydrogen-bond donors (Lipinski definition) is 2. The second kappa shape index (κ2) is 4.26. The molecule has 0 aromatic rings. The molecule has 14 heavy (non-hydrogen) atoms. The molecule has 0 aliphatic heterocycles. The smallest absolute Gasteiger partial charge is 0.326 e. The van der Waals surface area contributed by atoms with Crippen molar-refractivity contribution < 1.29 is 14.7 Å². The Morgan fingerprint density at radius 1 is 1.71 bits per heavy atom. The van der Waals surface area contributed by atoms with Crippen molar-refractivity contribution in [3.8, 4) is 0 Å². The number of carbonyl (C=O) groups excluding carboxylic acids is 1. The average molecular weight is 197 g/mol. The van der Waals surface area contributed by atoms with Crippen molar-refractivity contribution in [2.45, 2.75) is 25.8 Å². The lowest BCUT2D eigenvalue weighted by Gasteiger charge is -2.11. The van der Waals surface area contributed by atoms with Crippen LogP contribution in [0.3, 0.4) is 0 Å². The molecule has 3 unspecified atom stereocenters. The second-order valence-corrected chi connectivity index (χ2v) is 3.74. The lowest BCUT2D eigenvalue weighted by Crippen LogP contribution is -2.41. The maximum atomic E-state index is 11.4. The highest BCUT2D eigenvalue weighted by atomic mass is 16.4. The van der Waals surface area contributed by atoms with Crippen LogP contribution in [0.15, 0.2) is 12.7 Å². The van der Waals surface area contributed by atoms with Crippen LogP contribution in [0.2, 0.25) is 0 Å². The van der Waals surface area contributed by atoms with E-state index in [-0.39, 0.29) is 18.2 Å². The zero-order valence-corrected chi connectivity index (χ0v) is 8.19. The summed E-state index contributed by atoms with van der Waals surface area (Å²) in [4.78, 5) is 22.1. The Balaban J connectivity index is 2.42. The van der Waals surface area contributed by atoms with E-state index in [2.05, 4.69) is 11.9 Å². The van der Waals surface area contributed by atoms with Gasteiger partial charge in [-0.3, -0.25) is 4.79 Å². The van der Waals surface area contributed by atoms with Crippen molar-refractivity contribution in [2.24, 2.45) is 11.8 Å². The molecule has 0 aromatic carbocycles. The molecular weight excluding hydrogens is 182 g/mol. The third-order valence-electron chi connectivity index (χ3n) is 2.46. The van der Waals surface area contributed by atoms with Crippen LogP contribution in [-0.4, -0.2) is 23.0 Å².